The van der Waals surface area contributed by atoms with E-state index in [4.69, 9.17) is 4.74 Å². The van der Waals surface area contributed by atoms with Crippen molar-refractivity contribution in [1.82, 2.24) is 4.98 Å². The third kappa shape index (κ3) is 3.08. The van der Waals surface area contributed by atoms with Gasteiger partial charge in [0.05, 0.1) is 12.0 Å². The highest BCUT2D eigenvalue weighted by Crippen LogP contribution is 2.26. The van der Waals surface area contributed by atoms with Crippen LogP contribution < -0.4 is 15.0 Å². The van der Waals surface area contributed by atoms with Gasteiger partial charge in [-0.25, -0.2) is 8.42 Å². The van der Waals surface area contributed by atoms with Crippen LogP contribution in [0.2, 0.25) is 0 Å². The number of aromatic nitrogens is 1. The monoisotopic (exact) mass is 308 g/mol. The lowest BCUT2D eigenvalue weighted by Gasteiger charge is -2.13. The third-order valence-electron chi connectivity index (χ3n) is 3.04. The number of hydrogen-bond acceptors (Lipinski definition) is 4. The molecule has 1 aromatic carbocycles. The molecule has 2 aromatic rings. The second kappa shape index (κ2) is 5.61. The number of ether oxygens (including phenoxy) is 1. The smallest absolute Gasteiger partial charge is 0.272 e. The van der Waals surface area contributed by atoms with Crippen molar-refractivity contribution in [2.45, 2.75) is 18.7 Å². The maximum Gasteiger partial charge on any atom is 0.272 e. The summed E-state index contributed by atoms with van der Waals surface area (Å²) in [6.07, 6.45) is 1.43. The minimum absolute atomic E-state index is 0.0228. The fraction of sp³-hybridized carbons (Fsp3) is 0.214. The molecule has 6 nitrogen and oxygen atoms in total. The summed E-state index contributed by atoms with van der Waals surface area (Å²) in [5, 5.41) is 0. The second-order valence-corrected chi connectivity index (χ2v) is 6.26. The zero-order valence-corrected chi connectivity index (χ0v) is 12.7. The number of sulfonamides is 1. The third-order valence-corrected chi connectivity index (χ3v) is 4.55. The summed E-state index contributed by atoms with van der Waals surface area (Å²) in [6, 6.07) is 6.13. The first kappa shape index (κ1) is 15.1. The molecular formula is C14H16N2O4S. The first-order chi connectivity index (χ1) is 9.85. The predicted molar refractivity (Wildman–Crippen MR) is 80.3 cm³/mol. The lowest BCUT2D eigenvalue weighted by atomic mass is 10.1. The Hall–Kier alpha value is -2.28. The molecule has 0 spiro atoms. The maximum absolute atomic E-state index is 12.4. The van der Waals surface area contributed by atoms with E-state index < -0.39 is 15.6 Å². The minimum Gasteiger partial charge on any atom is -0.496 e. The van der Waals surface area contributed by atoms with Crippen LogP contribution in [-0.2, 0) is 10.0 Å². The normalized spacial score (nSPS) is 11.2. The highest BCUT2D eigenvalue weighted by molar-refractivity contribution is 7.92. The molecule has 0 aliphatic rings. The van der Waals surface area contributed by atoms with E-state index in [1.807, 2.05) is 0 Å². The molecule has 21 heavy (non-hydrogen) atoms. The van der Waals surface area contributed by atoms with Crippen molar-refractivity contribution in [3.63, 3.8) is 0 Å². The van der Waals surface area contributed by atoms with Crippen LogP contribution in [0.3, 0.4) is 0 Å². The van der Waals surface area contributed by atoms with Gasteiger partial charge in [0.1, 0.15) is 11.4 Å². The van der Waals surface area contributed by atoms with Gasteiger partial charge >= 0.3 is 0 Å². The summed E-state index contributed by atoms with van der Waals surface area (Å²) in [4.78, 5) is 14.1. The van der Waals surface area contributed by atoms with Crippen molar-refractivity contribution >= 4 is 15.7 Å². The Morgan fingerprint density at radius 1 is 1.19 bits per heavy atom. The molecule has 0 saturated heterocycles. The van der Waals surface area contributed by atoms with E-state index in [0.717, 1.165) is 0 Å². The van der Waals surface area contributed by atoms with Gasteiger partial charge in [0.25, 0.3) is 15.6 Å². The highest BCUT2D eigenvalue weighted by atomic mass is 32.2. The average molecular weight is 308 g/mol. The molecule has 0 bridgehead atoms. The number of benzene rings is 1. The zero-order chi connectivity index (χ0) is 15.6. The summed E-state index contributed by atoms with van der Waals surface area (Å²) in [5.41, 5.74) is 0.720. The standard InChI is InChI=1S/C14H16N2O4S/c1-9-8-13(10(2)7-12(9)20-3)21(18,19)16-11-5-4-6-15-14(11)17/h4-8,16H,1-3H3,(H,15,17). The molecule has 0 saturated carbocycles. The van der Waals surface area contributed by atoms with Crippen LogP contribution in [0.15, 0.2) is 40.2 Å². The number of anilines is 1. The Balaban J connectivity index is 2.48. The lowest BCUT2D eigenvalue weighted by Crippen LogP contribution is -2.20. The molecule has 0 amide bonds. The van der Waals surface area contributed by atoms with Gasteiger partial charge in [-0.3, -0.25) is 9.52 Å². The fourth-order valence-electron chi connectivity index (χ4n) is 1.97. The van der Waals surface area contributed by atoms with E-state index >= 15 is 0 Å². The Morgan fingerprint density at radius 3 is 2.52 bits per heavy atom. The summed E-state index contributed by atoms with van der Waals surface area (Å²) in [5.74, 6) is 0.615. The average Bonchev–Trinajstić information content (AvgIpc) is 2.43. The maximum atomic E-state index is 12.4. The van der Waals surface area contributed by atoms with Crippen LogP contribution in [0, 0.1) is 13.8 Å². The van der Waals surface area contributed by atoms with Crippen molar-refractivity contribution in [3.8, 4) is 5.75 Å². The van der Waals surface area contributed by atoms with Crippen molar-refractivity contribution in [2.24, 2.45) is 0 Å². The quantitative estimate of drug-likeness (QED) is 0.901. The summed E-state index contributed by atoms with van der Waals surface area (Å²) < 4.78 is 32.3. The van der Waals surface area contributed by atoms with Crippen molar-refractivity contribution in [3.05, 3.63) is 51.9 Å². The Kier molecular flexibility index (Phi) is 4.04. The molecule has 0 atom stereocenters. The van der Waals surface area contributed by atoms with Gasteiger partial charge in [0, 0.05) is 6.20 Å². The van der Waals surface area contributed by atoms with E-state index in [1.54, 1.807) is 26.0 Å². The van der Waals surface area contributed by atoms with Gasteiger partial charge in [-0.1, -0.05) is 0 Å². The zero-order valence-electron chi connectivity index (χ0n) is 11.9. The number of methoxy groups -OCH3 is 1. The highest BCUT2D eigenvalue weighted by Gasteiger charge is 2.19. The molecule has 0 unspecified atom stereocenters. The number of aromatic amines is 1. The van der Waals surface area contributed by atoms with E-state index in [-0.39, 0.29) is 10.6 Å². The predicted octanol–water partition coefficient (Wildman–Crippen LogP) is 1.80. The number of H-pyrrole nitrogens is 1. The molecule has 0 aliphatic carbocycles. The van der Waals surface area contributed by atoms with E-state index in [9.17, 15) is 13.2 Å². The summed E-state index contributed by atoms with van der Waals surface area (Å²) in [6.45, 7) is 3.43. The van der Waals surface area contributed by atoms with Crippen molar-refractivity contribution in [2.75, 3.05) is 11.8 Å². The number of rotatable bonds is 4. The summed E-state index contributed by atoms with van der Waals surface area (Å²) >= 11 is 0. The SMILES string of the molecule is COc1cc(C)c(S(=O)(=O)Nc2ccc[nH]c2=O)cc1C. The molecule has 1 heterocycles. The molecular weight excluding hydrogens is 292 g/mol. The van der Waals surface area contributed by atoms with Crippen molar-refractivity contribution < 1.29 is 13.2 Å². The fourth-order valence-corrected chi connectivity index (χ4v) is 3.35. The van der Waals surface area contributed by atoms with E-state index in [1.165, 1.54) is 25.4 Å². The van der Waals surface area contributed by atoms with Gasteiger partial charge in [-0.05, 0) is 49.2 Å². The van der Waals surface area contributed by atoms with Gasteiger partial charge in [0.15, 0.2) is 0 Å². The lowest BCUT2D eigenvalue weighted by molar-refractivity contribution is 0.411. The molecule has 112 valence electrons. The molecule has 7 heteroatoms. The Bertz CT molecular complexity index is 825. The van der Waals surface area contributed by atoms with Crippen molar-refractivity contribution in [1.29, 1.82) is 0 Å². The van der Waals surface area contributed by atoms with E-state index in [2.05, 4.69) is 9.71 Å². The van der Waals surface area contributed by atoms with Crippen LogP contribution in [0.4, 0.5) is 5.69 Å². The van der Waals surface area contributed by atoms with E-state index in [0.29, 0.717) is 16.9 Å². The Labute approximate surface area is 122 Å². The molecule has 0 radical (unpaired) electrons. The number of aryl methyl sites for hydroxylation is 2. The van der Waals surface area contributed by atoms with Gasteiger partial charge in [-0.15, -0.1) is 0 Å². The van der Waals surface area contributed by atoms with Crippen LogP contribution in [0.5, 0.6) is 5.75 Å². The summed E-state index contributed by atoms with van der Waals surface area (Å²) in [7, 11) is -2.31. The van der Waals surface area contributed by atoms with Crippen LogP contribution in [-0.4, -0.2) is 20.5 Å². The second-order valence-electron chi connectivity index (χ2n) is 4.61. The number of hydrogen-bond donors (Lipinski definition) is 2. The topological polar surface area (TPSA) is 88.3 Å². The van der Waals surface area contributed by atoms with Crippen LogP contribution >= 0.6 is 0 Å². The molecule has 2 N–H and O–H groups in total. The molecule has 1 aromatic heterocycles. The number of nitrogens with one attached hydrogen (secondary N) is 2. The molecule has 0 aliphatic heterocycles. The largest absolute Gasteiger partial charge is 0.496 e. The molecule has 2 rings (SSSR count). The Morgan fingerprint density at radius 2 is 1.90 bits per heavy atom. The van der Waals surface area contributed by atoms with Gasteiger partial charge in [-0.2, -0.15) is 0 Å². The molecule has 0 fully saturated rings. The minimum atomic E-state index is -3.84. The van der Waals surface area contributed by atoms with Crippen LogP contribution in [0.25, 0.3) is 0 Å². The number of pyridine rings is 1. The van der Waals surface area contributed by atoms with Gasteiger partial charge in [0.2, 0.25) is 0 Å². The first-order valence-corrected chi connectivity index (χ1v) is 7.69. The first-order valence-electron chi connectivity index (χ1n) is 6.21. The van der Waals surface area contributed by atoms with Crippen LogP contribution in [0.1, 0.15) is 11.1 Å². The van der Waals surface area contributed by atoms with Gasteiger partial charge < -0.3 is 9.72 Å².